The third-order valence-electron chi connectivity index (χ3n) is 3.60. The van der Waals surface area contributed by atoms with Crippen LogP contribution in [0.1, 0.15) is 0 Å². The summed E-state index contributed by atoms with van der Waals surface area (Å²) in [6.07, 6.45) is 1.74. The van der Waals surface area contributed by atoms with Gasteiger partial charge in [-0.25, -0.2) is 9.97 Å². The van der Waals surface area contributed by atoms with E-state index in [4.69, 9.17) is 21.7 Å². The average molecular weight is 354 g/mol. The minimum atomic E-state index is 0.527. The van der Waals surface area contributed by atoms with Crippen molar-refractivity contribution in [2.24, 2.45) is 0 Å². The number of fused-ring (bicyclic) bond motifs is 2. The second kappa shape index (κ2) is 7.31. The molecule has 7 heteroatoms. The number of hydrogen-bond donors (Lipinski definition) is 2. The maximum atomic E-state index is 5.33. The third-order valence-corrected chi connectivity index (χ3v) is 3.85. The summed E-state index contributed by atoms with van der Waals surface area (Å²) in [6.45, 7) is 4.25. The molecule has 1 aromatic heterocycles. The molecule has 0 aliphatic carbocycles. The molecule has 0 atom stereocenters. The highest BCUT2D eigenvalue weighted by atomic mass is 32.1. The van der Waals surface area contributed by atoms with Crippen LogP contribution in [-0.2, 0) is 0 Å². The van der Waals surface area contributed by atoms with Crippen LogP contribution >= 0.6 is 12.2 Å². The number of nitrogens with one attached hydrogen (secondary N) is 2. The number of methoxy groups -OCH3 is 2. The minimum Gasteiger partial charge on any atom is -0.493 e. The molecule has 0 saturated carbocycles. The Bertz CT molecular complexity index is 959. The first kappa shape index (κ1) is 16.9. The molecule has 2 N–H and O–H groups in total. The molecule has 128 valence electrons. The summed E-state index contributed by atoms with van der Waals surface area (Å²) in [5.41, 5.74) is 3.86. The summed E-state index contributed by atoms with van der Waals surface area (Å²) in [4.78, 5) is 9.32. The minimum absolute atomic E-state index is 0.527. The van der Waals surface area contributed by atoms with Crippen LogP contribution in [0.25, 0.3) is 22.1 Å². The summed E-state index contributed by atoms with van der Waals surface area (Å²) in [5, 5.41) is 6.67. The zero-order chi connectivity index (χ0) is 17.8. The largest absolute Gasteiger partial charge is 0.493 e. The summed E-state index contributed by atoms with van der Waals surface area (Å²) in [5.74, 6) is 1.24. The van der Waals surface area contributed by atoms with Crippen molar-refractivity contribution in [3.8, 4) is 11.5 Å². The van der Waals surface area contributed by atoms with Crippen molar-refractivity contribution in [1.82, 2.24) is 15.3 Å². The van der Waals surface area contributed by atoms with Crippen molar-refractivity contribution in [1.29, 1.82) is 0 Å². The van der Waals surface area contributed by atoms with E-state index in [0.29, 0.717) is 23.2 Å². The molecule has 0 amide bonds. The van der Waals surface area contributed by atoms with Gasteiger partial charge < -0.3 is 20.1 Å². The number of benzene rings is 2. The highest BCUT2D eigenvalue weighted by molar-refractivity contribution is 7.80. The monoisotopic (exact) mass is 354 g/mol. The molecule has 0 aliphatic heterocycles. The predicted octanol–water partition coefficient (Wildman–Crippen LogP) is 3.27. The number of rotatable bonds is 5. The van der Waals surface area contributed by atoms with E-state index in [1.54, 1.807) is 20.3 Å². The van der Waals surface area contributed by atoms with Gasteiger partial charge in [0.05, 0.1) is 36.3 Å². The number of aromatic nitrogens is 2. The SMILES string of the molecule is C=CCNC(=S)Nc1ccc2nc3cc(OC)c(OC)cc3nc2c1. The topological polar surface area (TPSA) is 68.3 Å². The summed E-state index contributed by atoms with van der Waals surface area (Å²) in [6, 6.07) is 9.35. The molecule has 0 unspecified atom stereocenters. The fourth-order valence-corrected chi connectivity index (χ4v) is 2.62. The van der Waals surface area contributed by atoms with Crippen LogP contribution in [0.3, 0.4) is 0 Å². The van der Waals surface area contributed by atoms with Gasteiger partial charge in [0.15, 0.2) is 16.6 Å². The molecule has 6 nitrogen and oxygen atoms in total. The molecule has 0 radical (unpaired) electrons. The molecule has 3 rings (SSSR count). The Morgan fingerprint density at radius 1 is 1.04 bits per heavy atom. The van der Waals surface area contributed by atoms with Crippen LogP contribution in [0.15, 0.2) is 43.0 Å². The molecular weight excluding hydrogens is 336 g/mol. The van der Waals surface area contributed by atoms with Crippen molar-refractivity contribution >= 4 is 45.1 Å². The van der Waals surface area contributed by atoms with Crippen LogP contribution in [0, 0.1) is 0 Å². The highest BCUT2D eigenvalue weighted by Gasteiger charge is 2.10. The number of ether oxygens (including phenoxy) is 2. The van der Waals surface area contributed by atoms with Gasteiger partial charge in [0.1, 0.15) is 0 Å². The zero-order valence-corrected chi connectivity index (χ0v) is 14.8. The van der Waals surface area contributed by atoms with Gasteiger partial charge in [0.25, 0.3) is 0 Å². The smallest absolute Gasteiger partial charge is 0.171 e. The molecule has 0 fully saturated rings. The fourth-order valence-electron chi connectivity index (χ4n) is 2.42. The van der Waals surface area contributed by atoms with E-state index < -0.39 is 0 Å². The quantitative estimate of drug-likeness (QED) is 0.414. The maximum absolute atomic E-state index is 5.33. The summed E-state index contributed by atoms with van der Waals surface area (Å²) in [7, 11) is 3.19. The van der Waals surface area contributed by atoms with Crippen molar-refractivity contribution < 1.29 is 9.47 Å². The van der Waals surface area contributed by atoms with Gasteiger partial charge in [-0.05, 0) is 30.4 Å². The van der Waals surface area contributed by atoms with Gasteiger partial charge in [-0.2, -0.15) is 0 Å². The lowest BCUT2D eigenvalue weighted by atomic mass is 10.2. The van der Waals surface area contributed by atoms with Crippen LogP contribution in [0.5, 0.6) is 11.5 Å². The highest BCUT2D eigenvalue weighted by Crippen LogP contribution is 2.31. The lowest BCUT2D eigenvalue weighted by Gasteiger charge is -2.11. The molecule has 0 aliphatic rings. The molecule has 25 heavy (non-hydrogen) atoms. The number of hydrogen-bond acceptors (Lipinski definition) is 5. The molecular formula is C18H18N4O2S. The Morgan fingerprint density at radius 2 is 1.64 bits per heavy atom. The van der Waals surface area contributed by atoms with Crippen LogP contribution in [-0.4, -0.2) is 35.8 Å². The van der Waals surface area contributed by atoms with E-state index in [0.717, 1.165) is 27.8 Å². The average Bonchev–Trinajstić information content (AvgIpc) is 2.63. The van der Waals surface area contributed by atoms with E-state index in [9.17, 15) is 0 Å². The summed E-state index contributed by atoms with van der Waals surface area (Å²) >= 11 is 5.23. The molecule has 3 aromatic rings. The van der Waals surface area contributed by atoms with E-state index >= 15 is 0 Å². The van der Waals surface area contributed by atoms with Gasteiger partial charge in [0.2, 0.25) is 0 Å². The van der Waals surface area contributed by atoms with E-state index in [-0.39, 0.29) is 0 Å². The number of anilines is 1. The molecule has 0 spiro atoms. The number of thiocarbonyl (C=S) groups is 1. The third kappa shape index (κ3) is 3.61. The first-order valence-electron chi connectivity index (χ1n) is 7.64. The Morgan fingerprint density at radius 3 is 2.24 bits per heavy atom. The van der Waals surface area contributed by atoms with Crippen molar-refractivity contribution in [2.75, 3.05) is 26.1 Å². The maximum Gasteiger partial charge on any atom is 0.171 e. The van der Waals surface area contributed by atoms with E-state index in [1.807, 2.05) is 30.3 Å². The van der Waals surface area contributed by atoms with Crippen LogP contribution < -0.4 is 20.1 Å². The number of nitrogens with zero attached hydrogens (tertiary/aromatic N) is 2. The zero-order valence-electron chi connectivity index (χ0n) is 14.0. The van der Waals surface area contributed by atoms with Crippen molar-refractivity contribution in [2.45, 2.75) is 0 Å². The van der Waals surface area contributed by atoms with Gasteiger partial charge in [-0.1, -0.05) is 6.08 Å². The van der Waals surface area contributed by atoms with E-state index in [2.05, 4.69) is 27.2 Å². The van der Waals surface area contributed by atoms with Gasteiger partial charge in [-0.3, -0.25) is 0 Å². The lowest BCUT2D eigenvalue weighted by molar-refractivity contribution is 0.355. The van der Waals surface area contributed by atoms with Gasteiger partial charge in [0, 0.05) is 24.4 Å². The Hall–Kier alpha value is -2.93. The molecule has 0 saturated heterocycles. The summed E-state index contributed by atoms with van der Waals surface area (Å²) < 4.78 is 10.7. The first-order chi connectivity index (χ1) is 12.1. The molecule has 0 bridgehead atoms. The lowest BCUT2D eigenvalue weighted by Crippen LogP contribution is -2.28. The van der Waals surface area contributed by atoms with Gasteiger partial charge in [-0.15, -0.1) is 6.58 Å². The molecule has 2 aromatic carbocycles. The second-order valence-corrected chi connectivity index (χ2v) is 5.65. The molecule has 1 heterocycles. The van der Waals surface area contributed by atoms with E-state index in [1.165, 1.54) is 0 Å². The first-order valence-corrected chi connectivity index (χ1v) is 8.04. The van der Waals surface area contributed by atoms with Gasteiger partial charge >= 0.3 is 0 Å². The van der Waals surface area contributed by atoms with Crippen LogP contribution in [0.4, 0.5) is 5.69 Å². The predicted molar refractivity (Wildman–Crippen MR) is 105 cm³/mol. The standard InChI is InChI=1S/C18H18N4O2S/c1-4-7-19-18(25)20-11-5-6-12-13(8-11)22-15-10-17(24-3)16(23-2)9-14(15)21-12/h4-6,8-10H,1,7H2,2-3H3,(H2,19,20,25). The fraction of sp³-hybridized carbons (Fsp3) is 0.167. The van der Waals surface area contributed by atoms with Crippen LogP contribution in [0.2, 0.25) is 0 Å². The Labute approximate surface area is 150 Å². The Balaban J connectivity index is 2.00. The van der Waals surface area contributed by atoms with Crippen molar-refractivity contribution in [3.63, 3.8) is 0 Å². The normalized spacial score (nSPS) is 10.5. The second-order valence-electron chi connectivity index (χ2n) is 5.25. The Kier molecular flexibility index (Phi) is 4.95. The van der Waals surface area contributed by atoms with Crippen molar-refractivity contribution in [3.05, 3.63) is 43.0 Å².